The van der Waals surface area contributed by atoms with E-state index >= 15 is 0 Å². The van der Waals surface area contributed by atoms with Crippen LogP contribution in [0.1, 0.15) is 20.8 Å². The Morgan fingerprint density at radius 1 is 1.69 bits per heavy atom. The van der Waals surface area contributed by atoms with Gasteiger partial charge >= 0.3 is 0 Å². The Morgan fingerprint density at radius 2 is 2.23 bits per heavy atom. The maximum absolute atomic E-state index is 11.4. The van der Waals surface area contributed by atoms with Crippen LogP contribution in [0.15, 0.2) is 11.8 Å². The van der Waals surface area contributed by atoms with Crippen LogP contribution in [-0.2, 0) is 9.53 Å². The largest absolute Gasteiger partial charge is 0.361 e. The van der Waals surface area contributed by atoms with Crippen molar-refractivity contribution in [1.82, 2.24) is 4.90 Å². The third-order valence-electron chi connectivity index (χ3n) is 1.89. The van der Waals surface area contributed by atoms with E-state index in [9.17, 15) is 4.79 Å². The lowest BCUT2D eigenvalue weighted by atomic mass is 10.3. The van der Waals surface area contributed by atoms with Crippen molar-refractivity contribution < 1.29 is 9.53 Å². The topological polar surface area (TPSA) is 29.5 Å². The molecule has 0 fully saturated rings. The lowest BCUT2D eigenvalue weighted by molar-refractivity contribution is -0.135. The van der Waals surface area contributed by atoms with Gasteiger partial charge in [0.1, 0.15) is 12.1 Å². The highest BCUT2D eigenvalue weighted by Gasteiger charge is 2.19. The second-order valence-corrected chi connectivity index (χ2v) is 2.93. The molecule has 1 unspecified atom stereocenters. The number of amides is 1. The molecule has 0 N–H and O–H groups in total. The minimum Gasteiger partial charge on any atom is -0.361 e. The minimum atomic E-state index is -0.276. The molecular weight excluding hydrogens is 190 g/mol. The van der Waals surface area contributed by atoms with Crippen molar-refractivity contribution in [2.75, 3.05) is 13.0 Å². The Labute approximate surface area is 84.3 Å². The molecule has 0 rings (SSSR count). The van der Waals surface area contributed by atoms with E-state index < -0.39 is 0 Å². The number of methoxy groups -OCH3 is 1. The highest BCUT2D eigenvalue weighted by atomic mass is 35.5. The predicted molar refractivity (Wildman–Crippen MR) is 53.5 cm³/mol. The van der Waals surface area contributed by atoms with Gasteiger partial charge in [-0.25, -0.2) is 0 Å². The van der Waals surface area contributed by atoms with Gasteiger partial charge in [0.15, 0.2) is 0 Å². The van der Waals surface area contributed by atoms with Gasteiger partial charge in [0.2, 0.25) is 5.91 Å². The zero-order valence-electron chi connectivity index (χ0n) is 8.50. The summed E-state index contributed by atoms with van der Waals surface area (Å²) in [6.45, 7) is 5.52. The molecule has 4 heteroatoms. The van der Waals surface area contributed by atoms with Crippen molar-refractivity contribution in [3.05, 3.63) is 11.8 Å². The Hall–Kier alpha value is -0.540. The second kappa shape index (κ2) is 6.00. The number of alkyl halides is 1. The molecule has 76 valence electrons. The second-order valence-electron chi connectivity index (χ2n) is 2.66. The zero-order valence-corrected chi connectivity index (χ0v) is 9.26. The van der Waals surface area contributed by atoms with Gasteiger partial charge in [-0.3, -0.25) is 9.69 Å². The summed E-state index contributed by atoms with van der Waals surface area (Å²) >= 11 is 5.47. The number of halogens is 1. The highest BCUT2D eigenvalue weighted by molar-refractivity contribution is 6.27. The molecule has 0 aromatic rings. The summed E-state index contributed by atoms with van der Waals surface area (Å²) in [7, 11) is 1.56. The van der Waals surface area contributed by atoms with E-state index in [1.54, 1.807) is 14.0 Å². The van der Waals surface area contributed by atoms with E-state index in [1.165, 1.54) is 4.90 Å². The van der Waals surface area contributed by atoms with Crippen molar-refractivity contribution in [2.24, 2.45) is 0 Å². The quantitative estimate of drug-likeness (QED) is 0.519. The van der Waals surface area contributed by atoms with Crippen LogP contribution in [0, 0.1) is 0 Å². The van der Waals surface area contributed by atoms with Gasteiger partial charge in [-0.1, -0.05) is 6.08 Å². The highest BCUT2D eigenvalue weighted by Crippen LogP contribution is 2.10. The first-order valence-corrected chi connectivity index (χ1v) is 4.65. The number of allylic oxidation sites excluding steroid dienone is 2. The lowest BCUT2D eigenvalue weighted by Crippen LogP contribution is -2.38. The normalized spacial score (nSPS) is 14.1. The van der Waals surface area contributed by atoms with Crippen LogP contribution in [0.3, 0.4) is 0 Å². The van der Waals surface area contributed by atoms with E-state index in [1.807, 2.05) is 19.9 Å². The molecule has 0 heterocycles. The van der Waals surface area contributed by atoms with Crippen molar-refractivity contribution in [3.8, 4) is 0 Å². The summed E-state index contributed by atoms with van der Waals surface area (Å²) in [5.74, 6) is -0.176. The number of carbonyl (C=O) groups excluding carboxylic acids is 1. The first-order chi connectivity index (χ1) is 6.08. The monoisotopic (exact) mass is 205 g/mol. The zero-order chi connectivity index (χ0) is 10.4. The molecule has 0 aliphatic carbocycles. The minimum absolute atomic E-state index is 0.0289. The average Bonchev–Trinajstić information content (AvgIpc) is 2.16. The number of carbonyl (C=O) groups is 1. The Bertz CT molecular complexity index is 204. The molecule has 0 aliphatic rings. The van der Waals surface area contributed by atoms with Gasteiger partial charge in [0.05, 0.1) is 0 Å². The number of nitrogens with zero attached hydrogens (tertiary/aromatic N) is 1. The van der Waals surface area contributed by atoms with Crippen LogP contribution in [0.2, 0.25) is 0 Å². The summed E-state index contributed by atoms with van der Waals surface area (Å²) in [6.07, 6.45) is 1.57. The third-order valence-corrected chi connectivity index (χ3v) is 2.11. The Kier molecular flexibility index (Phi) is 5.75. The molecule has 0 aliphatic heterocycles. The molecule has 0 aromatic heterocycles. The van der Waals surface area contributed by atoms with Crippen molar-refractivity contribution in [3.63, 3.8) is 0 Å². The number of ether oxygens (including phenoxy) is 1. The Morgan fingerprint density at radius 3 is 2.54 bits per heavy atom. The van der Waals surface area contributed by atoms with E-state index in [-0.39, 0.29) is 18.0 Å². The number of hydrogen-bond acceptors (Lipinski definition) is 2. The SMILES string of the molecule is CC=C(C)N(C(=O)CCl)C(C)OC. The van der Waals surface area contributed by atoms with Crippen LogP contribution in [0.4, 0.5) is 0 Å². The summed E-state index contributed by atoms with van der Waals surface area (Å²) in [5.41, 5.74) is 0.847. The van der Waals surface area contributed by atoms with Crippen LogP contribution >= 0.6 is 11.6 Å². The van der Waals surface area contributed by atoms with Crippen LogP contribution in [0.5, 0.6) is 0 Å². The fourth-order valence-electron chi connectivity index (χ4n) is 0.995. The van der Waals surface area contributed by atoms with Gasteiger partial charge in [-0.15, -0.1) is 11.6 Å². The summed E-state index contributed by atoms with van der Waals surface area (Å²) in [6, 6.07) is 0. The molecule has 0 saturated carbocycles. The lowest BCUT2D eigenvalue weighted by Gasteiger charge is -2.27. The maximum Gasteiger partial charge on any atom is 0.243 e. The Balaban J connectivity index is 4.65. The first-order valence-electron chi connectivity index (χ1n) is 4.12. The van der Waals surface area contributed by atoms with E-state index in [0.717, 1.165) is 5.70 Å². The van der Waals surface area contributed by atoms with Crippen LogP contribution in [0.25, 0.3) is 0 Å². The average molecular weight is 206 g/mol. The van der Waals surface area contributed by atoms with E-state index in [0.29, 0.717) is 0 Å². The third kappa shape index (κ3) is 3.36. The van der Waals surface area contributed by atoms with E-state index in [4.69, 9.17) is 16.3 Å². The fraction of sp³-hybridized carbons (Fsp3) is 0.667. The summed E-state index contributed by atoms with van der Waals surface area (Å²) in [5, 5.41) is 0. The van der Waals surface area contributed by atoms with Gasteiger partial charge in [-0.05, 0) is 20.8 Å². The fourth-order valence-corrected chi connectivity index (χ4v) is 1.12. The van der Waals surface area contributed by atoms with E-state index in [2.05, 4.69) is 0 Å². The molecule has 1 amide bonds. The van der Waals surface area contributed by atoms with Gasteiger partial charge in [0.25, 0.3) is 0 Å². The molecule has 0 spiro atoms. The molecule has 1 atom stereocenters. The number of hydrogen-bond donors (Lipinski definition) is 0. The standard InChI is InChI=1S/C9H16ClNO2/c1-5-7(2)11(8(3)13-4)9(12)6-10/h5,8H,6H2,1-4H3. The number of rotatable bonds is 4. The molecule has 0 aromatic carbocycles. The van der Waals surface area contributed by atoms with Gasteiger partial charge in [-0.2, -0.15) is 0 Å². The first kappa shape index (κ1) is 12.5. The van der Waals surface area contributed by atoms with Crippen LogP contribution in [-0.4, -0.2) is 30.0 Å². The van der Waals surface area contributed by atoms with Crippen molar-refractivity contribution in [2.45, 2.75) is 27.0 Å². The molecule has 3 nitrogen and oxygen atoms in total. The van der Waals surface area contributed by atoms with Crippen molar-refractivity contribution in [1.29, 1.82) is 0 Å². The van der Waals surface area contributed by atoms with Crippen LogP contribution < -0.4 is 0 Å². The van der Waals surface area contributed by atoms with Gasteiger partial charge in [0, 0.05) is 12.8 Å². The molecule has 13 heavy (non-hydrogen) atoms. The molecular formula is C9H16ClNO2. The summed E-state index contributed by atoms with van der Waals surface area (Å²) < 4.78 is 5.06. The smallest absolute Gasteiger partial charge is 0.243 e. The predicted octanol–water partition coefficient (Wildman–Crippen LogP) is 1.97. The summed E-state index contributed by atoms with van der Waals surface area (Å²) in [4.78, 5) is 12.9. The molecule has 0 bridgehead atoms. The molecule has 0 saturated heterocycles. The van der Waals surface area contributed by atoms with Crippen molar-refractivity contribution >= 4 is 17.5 Å². The van der Waals surface area contributed by atoms with Gasteiger partial charge < -0.3 is 4.74 Å². The molecule has 0 radical (unpaired) electrons. The maximum atomic E-state index is 11.4.